The highest BCUT2D eigenvalue weighted by atomic mass is 35.5. The van der Waals surface area contributed by atoms with E-state index in [2.05, 4.69) is 44.3 Å². The average Bonchev–Trinajstić information content (AvgIpc) is 2.34. The SMILES string of the molecule is Cc1cc(C)cc(C(C)Nc2cc(Cl)c(C)cc2Cl)c1. The molecule has 0 aliphatic carbocycles. The minimum atomic E-state index is 0.171. The van der Waals surface area contributed by atoms with Gasteiger partial charge in [0.25, 0.3) is 0 Å². The zero-order valence-corrected chi connectivity index (χ0v) is 13.7. The first kappa shape index (κ1) is 15.2. The molecule has 0 radical (unpaired) electrons. The van der Waals surface area contributed by atoms with Gasteiger partial charge in [-0.1, -0.05) is 52.5 Å². The molecule has 0 spiro atoms. The molecule has 20 heavy (non-hydrogen) atoms. The Kier molecular flexibility index (Phi) is 4.62. The summed E-state index contributed by atoms with van der Waals surface area (Å²) in [4.78, 5) is 0. The molecule has 0 bridgehead atoms. The molecule has 1 N–H and O–H groups in total. The molecule has 2 rings (SSSR count). The van der Waals surface area contributed by atoms with Gasteiger partial charge in [-0.15, -0.1) is 0 Å². The lowest BCUT2D eigenvalue weighted by Crippen LogP contribution is -2.07. The van der Waals surface area contributed by atoms with Crippen LogP contribution >= 0.6 is 23.2 Å². The van der Waals surface area contributed by atoms with Crippen molar-refractivity contribution in [1.29, 1.82) is 0 Å². The number of halogens is 2. The fourth-order valence-corrected chi connectivity index (χ4v) is 2.77. The second-order valence-electron chi connectivity index (χ2n) is 5.37. The second-order valence-corrected chi connectivity index (χ2v) is 6.18. The third-order valence-corrected chi connectivity index (χ3v) is 4.08. The van der Waals surface area contributed by atoms with Crippen molar-refractivity contribution in [3.05, 3.63) is 62.6 Å². The molecule has 106 valence electrons. The fraction of sp³-hybridized carbons (Fsp3) is 0.294. The molecule has 0 aliphatic rings. The standard InChI is InChI=1S/C17H19Cl2N/c1-10-5-11(2)7-14(6-10)13(4)20-17-9-15(18)12(3)8-16(17)19/h5-9,13,20H,1-4H3. The monoisotopic (exact) mass is 307 g/mol. The van der Waals surface area contributed by atoms with Gasteiger partial charge in [-0.3, -0.25) is 0 Å². The first-order valence-corrected chi connectivity index (χ1v) is 7.43. The maximum Gasteiger partial charge on any atom is 0.0641 e. The van der Waals surface area contributed by atoms with Gasteiger partial charge < -0.3 is 5.32 Å². The number of hydrogen-bond acceptors (Lipinski definition) is 1. The molecule has 0 aliphatic heterocycles. The van der Waals surface area contributed by atoms with Crippen LogP contribution in [0.5, 0.6) is 0 Å². The number of aryl methyl sites for hydroxylation is 3. The van der Waals surface area contributed by atoms with Gasteiger partial charge in [0.15, 0.2) is 0 Å². The Bertz CT molecular complexity index is 615. The van der Waals surface area contributed by atoms with Crippen molar-refractivity contribution >= 4 is 28.9 Å². The molecule has 2 aromatic rings. The van der Waals surface area contributed by atoms with Crippen LogP contribution < -0.4 is 5.32 Å². The molecule has 0 heterocycles. The van der Waals surface area contributed by atoms with Crippen LogP contribution in [0.2, 0.25) is 10.0 Å². The third kappa shape index (κ3) is 3.47. The van der Waals surface area contributed by atoms with Gasteiger partial charge in [-0.2, -0.15) is 0 Å². The average molecular weight is 308 g/mol. The molecule has 0 saturated heterocycles. The number of nitrogens with one attached hydrogen (secondary N) is 1. The summed E-state index contributed by atoms with van der Waals surface area (Å²) in [6.45, 7) is 8.29. The lowest BCUT2D eigenvalue weighted by molar-refractivity contribution is 0.880. The predicted molar refractivity (Wildman–Crippen MR) is 89.2 cm³/mol. The van der Waals surface area contributed by atoms with Crippen molar-refractivity contribution in [1.82, 2.24) is 0 Å². The molecule has 0 amide bonds. The van der Waals surface area contributed by atoms with Crippen LogP contribution in [0.1, 0.15) is 35.2 Å². The van der Waals surface area contributed by atoms with E-state index in [0.717, 1.165) is 16.3 Å². The Morgan fingerprint density at radius 3 is 2.05 bits per heavy atom. The number of anilines is 1. The van der Waals surface area contributed by atoms with Gasteiger partial charge in [-0.05, 0) is 51.0 Å². The summed E-state index contributed by atoms with van der Waals surface area (Å²) < 4.78 is 0. The van der Waals surface area contributed by atoms with E-state index in [1.54, 1.807) is 0 Å². The van der Waals surface area contributed by atoms with E-state index in [4.69, 9.17) is 23.2 Å². The highest BCUT2D eigenvalue weighted by molar-refractivity contribution is 6.35. The second kappa shape index (κ2) is 6.07. The number of benzene rings is 2. The maximum atomic E-state index is 6.27. The van der Waals surface area contributed by atoms with Gasteiger partial charge in [0, 0.05) is 11.1 Å². The quantitative estimate of drug-likeness (QED) is 0.723. The van der Waals surface area contributed by atoms with Crippen LogP contribution in [0.25, 0.3) is 0 Å². The zero-order valence-electron chi connectivity index (χ0n) is 12.2. The van der Waals surface area contributed by atoms with E-state index >= 15 is 0 Å². The smallest absolute Gasteiger partial charge is 0.0641 e. The van der Waals surface area contributed by atoms with Crippen LogP contribution in [0.15, 0.2) is 30.3 Å². The summed E-state index contributed by atoms with van der Waals surface area (Å²) in [7, 11) is 0. The van der Waals surface area contributed by atoms with E-state index in [1.165, 1.54) is 16.7 Å². The summed E-state index contributed by atoms with van der Waals surface area (Å²) in [5.74, 6) is 0. The Morgan fingerprint density at radius 1 is 0.850 bits per heavy atom. The Labute approximate surface area is 130 Å². The van der Waals surface area contributed by atoms with Crippen LogP contribution in [0, 0.1) is 20.8 Å². The fourth-order valence-electron chi connectivity index (χ4n) is 2.33. The number of rotatable bonds is 3. The molecule has 3 heteroatoms. The normalized spacial score (nSPS) is 12.3. The largest absolute Gasteiger partial charge is 0.377 e. The molecule has 0 saturated carbocycles. The van der Waals surface area contributed by atoms with Crippen molar-refractivity contribution in [2.24, 2.45) is 0 Å². The van der Waals surface area contributed by atoms with Gasteiger partial charge in [0.2, 0.25) is 0 Å². The minimum absolute atomic E-state index is 0.171. The molecule has 0 fully saturated rings. The molecule has 0 aromatic heterocycles. The first-order valence-electron chi connectivity index (χ1n) is 6.67. The lowest BCUT2D eigenvalue weighted by Gasteiger charge is -2.18. The predicted octanol–water partition coefficient (Wildman–Crippen LogP) is 6.09. The van der Waals surface area contributed by atoms with Gasteiger partial charge in [-0.25, -0.2) is 0 Å². The molecule has 1 nitrogen and oxygen atoms in total. The van der Waals surface area contributed by atoms with E-state index in [1.807, 2.05) is 19.1 Å². The van der Waals surface area contributed by atoms with E-state index < -0.39 is 0 Å². The van der Waals surface area contributed by atoms with Crippen LogP contribution in [-0.2, 0) is 0 Å². The van der Waals surface area contributed by atoms with Crippen molar-refractivity contribution in [2.45, 2.75) is 33.7 Å². The highest BCUT2D eigenvalue weighted by Gasteiger charge is 2.10. The molecular formula is C17H19Cl2N. The zero-order chi connectivity index (χ0) is 14.9. The summed E-state index contributed by atoms with van der Waals surface area (Å²) in [5.41, 5.74) is 5.63. The van der Waals surface area contributed by atoms with Crippen molar-refractivity contribution in [3.8, 4) is 0 Å². The number of hydrogen-bond donors (Lipinski definition) is 1. The van der Waals surface area contributed by atoms with Crippen LogP contribution in [0.3, 0.4) is 0 Å². The summed E-state index contributed by atoms with van der Waals surface area (Å²) in [6.07, 6.45) is 0. The summed E-state index contributed by atoms with van der Waals surface area (Å²) in [6, 6.07) is 10.5. The third-order valence-electron chi connectivity index (χ3n) is 3.36. The topological polar surface area (TPSA) is 12.0 Å². The Morgan fingerprint density at radius 2 is 1.45 bits per heavy atom. The van der Waals surface area contributed by atoms with Gasteiger partial charge >= 0.3 is 0 Å². The Balaban J connectivity index is 2.27. The van der Waals surface area contributed by atoms with E-state index in [0.29, 0.717) is 5.02 Å². The molecule has 2 aromatic carbocycles. The van der Waals surface area contributed by atoms with Crippen molar-refractivity contribution in [2.75, 3.05) is 5.32 Å². The molecule has 1 unspecified atom stereocenters. The van der Waals surface area contributed by atoms with Gasteiger partial charge in [0.1, 0.15) is 0 Å². The summed E-state index contributed by atoms with van der Waals surface area (Å²) in [5, 5.41) is 4.86. The van der Waals surface area contributed by atoms with Gasteiger partial charge in [0.05, 0.1) is 10.7 Å². The Hall–Kier alpha value is -1.18. The van der Waals surface area contributed by atoms with E-state index in [-0.39, 0.29) is 6.04 Å². The first-order chi connectivity index (χ1) is 9.36. The highest BCUT2D eigenvalue weighted by Crippen LogP contribution is 2.31. The maximum absolute atomic E-state index is 6.27. The van der Waals surface area contributed by atoms with Crippen molar-refractivity contribution < 1.29 is 0 Å². The minimum Gasteiger partial charge on any atom is -0.377 e. The lowest BCUT2D eigenvalue weighted by atomic mass is 10.0. The molecular weight excluding hydrogens is 289 g/mol. The van der Waals surface area contributed by atoms with Crippen LogP contribution in [0.4, 0.5) is 5.69 Å². The molecule has 1 atom stereocenters. The van der Waals surface area contributed by atoms with Crippen molar-refractivity contribution in [3.63, 3.8) is 0 Å². The summed E-state index contributed by atoms with van der Waals surface area (Å²) >= 11 is 12.4. The van der Waals surface area contributed by atoms with E-state index in [9.17, 15) is 0 Å². The van der Waals surface area contributed by atoms with Crippen LogP contribution in [-0.4, -0.2) is 0 Å².